The summed E-state index contributed by atoms with van der Waals surface area (Å²) < 4.78 is 5.41. The van der Waals surface area contributed by atoms with E-state index in [1.165, 1.54) is 11.1 Å². The molecule has 0 atom stereocenters. The van der Waals surface area contributed by atoms with Gasteiger partial charge in [-0.25, -0.2) is 4.98 Å². The van der Waals surface area contributed by atoms with Crippen LogP contribution < -0.4 is 0 Å². The van der Waals surface area contributed by atoms with Crippen LogP contribution in [0.4, 0.5) is 0 Å². The summed E-state index contributed by atoms with van der Waals surface area (Å²) in [6.45, 7) is 4.11. The Kier molecular flexibility index (Phi) is 2.00. The Hall–Kier alpha value is -1.02. The fraction of sp³-hybridized carbons (Fsp3) is 0.300. The third-order valence-corrected chi connectivity index (χ3v) is 2.39. The molecule has 0 N–H and O–H groups in total. The van der Waals surface area contributed by atoms with Gasteiger partial charge in [0, 0.05) is 0 Å². The van der Waals surface area contributed by atoms with Crippen LogP contribution in [0.3, 0.4) is 0 Å². The molecule has 1 heterocycles. The van der Waals surface area contributed by atoms with E-state index in [0.717, 1.165) is 11.1 Å². The summed E-state index contributed by atoms with van der Waals surface area (Å²) >= 11 is 5.62. The number of halogens is 1. The van der Waals surface area contributed by atoms with Crippen molar-refractivity contribution >= 4 is 22.7 Å². The number of alkyl halides is 1. The van der Waals surface area contributed by atoms with E-state index in [-0.39, 0.29) is 0 Å². The molecule has 68 valence electrons. The second-order valence-electron chi connectivity index (χ2n) is 3.15. The minimum absolute atomic E-state index is 0.326. The van der Waals surface area contributed by atoms with Crippen molar-refractivity contribution in [2.45, 2.75) is 19.7 Å². The maximum atomic E-state index is 5.62. The van der Waals surface area contributed by atoms with E-state index >= 15 is 0 Å². The third kappa shape index (κ3) is 1.42. The van der Waals surface area contributed by atoms with Gasteiger partial charge in [0.2, 0.25) is 5.89 Å². The van der Waals surface area contributed by atoms with Gasteiger partial charge in [0.25, 0.3) is 0 Å². The van der Waals surface area contributed by atoms with Crippen LogP contribution in [0.1, 0.15) is 17.0 Å². The zero-order chi connectivity index (χ0) is 9.42. The molecule has 13 heavy (non-hydrogen) atoms. The number of benzene rings is 1. The summed E-state index contributed by atoms with van der Waals surface area (Å²) in [6.07, 6.45) is 0. The zero-order valence-corrected chi connectivity index (χ0v) is 8.35. The molecule has 0 bridgehead atoms. The first-order valence-corrected chi connectivity index (χ1v) is 4.67. The molecular weight excluding hydrogens is 186 g/mol. The van der Waals surface area contributed by atoms with E-state index in [2.05, 4.69) is 18.8 Å². The van der Waals surface area contributed by atoms with E-state index in [1.54, 1.807) is 0 Å². The molecule has 0 amide bonds. The highest BCUT2D eigenvalue weighted by atomic mass is 35.5. The van der Waals surface area contributed by atoms with Crippen LogP contribution in [-0.2, 0) is 5.88 Å². The van der Waals surface area contributed by atoms with Crippen LogP contribution in [0, 0.1) is 13.8 Å². The maximum Gasteiger partial charge on any atom is 0.210 e. The normalized spacial score (nSPS) is 11.0. The summed E-state index contributed by atoms with van der Waals surface area (Å²) in [7, 11) is 0. The topological polar surface area (TPSA) is 26.0 Å². The van der Waals surface area contributed by atoms with Crippen molar-refractivity contribution < 1.29 is 4.42 Å². The molecule has 0 saturated heterocycles. The molecular formula is C10H10ClNO. The predicted molar refractivity (Wildman–Crippen MR) is 53.0 cm³/mol. The number of hydrogen-bond donors (Lipinski definition) is 0. The summed E-state index contributed by atoms with van der Waals surface area (Å²) in [5.41, 5.74) is 4.14. The summed E-state index contributed by atoms with van der Waals surface area (Å²) in [4.78, 5) is 4.23. The lowest BCUT2D eigenvalue weighted by atomic mass is 10.1. The predicted octanol–water partition coefficient (Wildman–Crippen LogP) is 3.18. The van der Waals surface area contributed by atoms with Gasteiger partial charge >= 0.3 is 0 Å². The lowest BCUT2D eigenvalue weighted by Crippen LogP contribution is -1.79. The van der Waals surface area contributed by atoms with Crippen molar-refractivity contribution in [2.75, 3.05) is 0 Å². The highest BCUT2D eigenvalue weighted by Gasteiger charge is 2.05. The highest BCUT2D eigenvalue weighted by molar-refractivity contribution is 6.16. The van der Waals surface area contributed by atoms with Gasteiger partial charge in [-0.3, -0.25) is 0 Å². The van der Waals surface area contributed by atoms with Gasteiger partial charge < -0.3 is 4.42 Å². The third-order valence-electron chi connectivity index (χ3n) is 2.16. The lowest BCUT2D eigenvalue weighted by molar-refractivity contribution is 0.554. The minimum atomic E-state index is 0.326. The van der Waals surface area contributed by atoms with Crippen LogP contribution in [0.15, 0.2) is 16.5 Å². The number of rotatable bonds is 1. The van der Waals surface area contributed by atoms with Gasteiger partial charge in [-0.05, 0) is 37.1 Å². The van der Waals surface area contributed by atoms with Crippen LogP contribution in [0.25, 0.3) is 11.1 Å². The van der Waals surface area contributed by atoms with Gasteiger partial charge in [0.05, 0.1) is 5.88 Å². The first-order valence-electron chi connectivity index (χ1n) is 4.13. The number of aryl methyl sites for hydroxylation is 2. The van der Waals surface area contributed by atoms with Crippen LogP contribution in [0.5, 0.6) is 0 Å². The van der Waals surface area contributed by atoms with Crippen LogP contribution in [-0.4, -0.2) is 4.98 Å². The van der Waals surface area contributed by atoms with E-state index in [0.29, 0.717) is 11.8 Å². The molecule has 0 aliphatic heterocycles. The van der Waals surface area contributed by atoms with Crippen molar-refractivity contribution in [1.29, 1.82) is 0 Å². The quantitative estimate of drug-likeness (QED) is 0.654. The van der Waals surface area contributed by atoms with Gasteiger partial charge in [0.15, 0.2) is 5.58 Å². The van der Waals surface area contributed by atoms with Gasteiger partial charge in [-0.2, -0.15) is 0 Å². The molecule has 0 radical (unpaired) electrons. The number of aromatic nitrogens is 1. The van der Waals surface area contributed by atoms with Gasteiger partial charge in [0.1, 0.15) is 5.52 Å². The standard InChI is InChI=1S/C10H10ClNO/c1-6-3-8-9(4-7(6)2)13-10(5-11)12-8/h3-4H,5H2,1-2H3. The first kappa shape index (κ1) is 8.57. The van der Waals surface area contributed by atoms with Crippen molar-refractivity contribution in [3.63, 3.8) is 0 Å². The summed E-state index contributed by atoms with van der Waals surface area (Å²) in [6, 6.07) is 4.01. The average molecular weight is 196 g/mol. The smallest absolute Gasteiger partial charge is 0.210 e. The number of hydrogen-bond acceptors (Lipinski definition) is 2. The Morgan fingerprint density at radius 2 is 2.00 bits per heavy atom. The molecule has 1 aromatic heterocycles. The molecule has 0 spiro atoms. The highest BCUT2D eigenvalue weighted by Crippen LogP contribution is 2.20. The van der Waals surface area contributed by atoms with Crippen LogP contribution >= 0.6 is 11.6 Å². The van der Waals surface area contributed by atoms with E-state index < -0.39 is 0 Å². The minimum Gasteiger partial charge on any atom is -0.439 e. The fourth-order valence-corrected chi connectivity index (χ4v) is 1.40. The molecule has 1 aromatic carbocycles. The molecule has 3 heteroatoms. The second kappa shape index (κ2) is 3.04. The Morgan fingerprint density at radius 1 is 1.31 bits per heavy atom. The maximum absolute atomic E-state index is 5.62. The van der Waals surface area contributed by atoms with Crippen molar-refractivity contribution in [3.05, 3.63) is 29.2 Å². The Labute approximate surface area is 81.5 Å². The molecule has 0 aliphatic carbocycles. The van der Waals surface area contributed by atoms with E-state index in [9.17, 15) is 0 Å². The second-order valence-corrected chi connectivity index (χ2v) is 3.41. The summed E-state index contributed by atoms with van der Waals surface area (Å²) in [5, 5.41) is 0. The molecule has 2 aromatic rings. The number of nitrogens with zero attached hydrogens (tertiary/aromatic N) is 1. The number of fused-ring (bicyclic) bond motifs is 1. The van der Waals surface area contributed by atoms with Crippen molar-refractivity contribution in [1.82, 2.24) is 4.98 Å². The molecule has 0 fully saturated rings. The van der Waals surface area contributed by atoms with Crippen molar-refractivity contribution in [3.8, 4) is 0 Å². The van der Waals surface area contributed by atoms with Crippen molar-refractivity contribution in [2.24, 2.45) is 0 Å². The SMILES string of the molecule is Cc1cc2nc(CCl)oc2cc1C. The largest absolute Gasteiger partial charge is 0.439 e. The van der Waals surface area contributed by atoms with Gasteiger partial charge in [-0.1, -0.05) is 0 Å². The Morgan fingerprint density at radius 3 is 2.69 bits per heavy atom. The van der Waals surface area contributed by atoms with E-state index in [1.807, 2.05) is 12.1 Å². The molecule has 0 unspecified atom stereocenters. The molecule has 0 saturated carbocycles. The Balaban J connectivity index is 2.70. The lowest BCUT2D eigenvalue weighted by Gasteiger charge is -1.96. The number of oxazole rings is 1. The molecule has 2 rings (SSSR count). The zero-order valence-electron chi connectivity index (χ0n) is 7.60. The Bertz CT molecular complexity index is 408. The first-order chi connectivity index (χ1) is 6.20. The fourth-order valence-electron chi connectivity index (χ4n) is 1.28. The monoisotopic (exact) mass is 195 g/mol. The van der Waals surface area contributed by atoms with Crippen LogP contribution in [0.2, 0.25) is 0 Å². The van der Waals surface area contributed by atoms with E-state index in [4.69, 9.17) is 16.0 Å². The average Bonchev–Trinajstić information content (AvgIpc) is 2.48. The summed E-state index contributed by atoms with van der Waals surface area (Å²) in [5.74, 6) is 0.911. The molecule has 0 aliphatic rings. The molecule has 2 nitrogen and oxygen atoms in total. The van der Waals surface area contributed by atoms with Gasteiger partial charge in [-0.15, -0.1) is 11.6 Å².